The quantitative estimate of drug-likeness (QED) is 0.783. The molecular weight excluding hydrogens is 270 g/mol. The molecule has 0 saturated heterocycles. The number of aromatic amines is 1. The van der Waals surface area contributed by atoms with Crippen molar-refractivity contribution in [1.82, 2.24) is 14.9 Å². The van der Waals surface area contributed by atoms with Crippen LogP contribution in [-0.4, -0.2) is 41.1 Å². The van der Waals surface area contributed by atoms with E-state index in [0.29, 0.717) is 0 Å². The third-order valence-corrected chi connectivity index (χ3v) is 2.59. The maximum Gasteiger partial charge on any atom is 0.360 e. The molecule has 0 amide bonds. The highest BCUT2D eigenvalue weighted by Crippen LogP contribution is 2.21. The van der Waals surface area contributed by atoms with E-state index in [9.17, 15) is 14.4 Å². The van der Waals surface area contributed by atoms with Gasteiger partial charge in [-0.1, -0.05) is 5.16 Å². The molecule has 0 spiro atoms. The molecule has 0 unspecified atom stereocenters. The summed E-state index contributed by atoms with van der Waals surface area (Å²) in [5.74, 6) is -1.49. The van der Waals surface area contributed by atoms with E-state index in [0.717, 1.165) is 4.68 Å². The van der Waals surface area contributed by atoms with Gasteiger partial charge >= 0.3 is 11.9 Å². The van der Waals surface area contributed by atoms with E-state index in [1.165, 1.54) is 27.3 Å². The van der Waals surface area contributed by atoms with Crippen molar-refractivity contribution in [3.8, 4) is 11.3 Å². The summed E-state index contributed by atoms with van der Waals surface area (Å²) in [7, 11) is 3.79. The SMILES string of the molecule is COC(=O)c1cc(-c2c(C(=O)OC)[nH]n(C)c2=O)on1. The Morgan fingerprint density at radius 1 is 1.30 bits per heavy atom. The Bertz CT molecular complexity index is 723. The first-order valence-electron chi connectivity index (χ1n) is 5.42. The number of aryl methyl sites for hydroxylation is 1. The fourth-order valence-electron chi connectivity index (χ4n) is 1.62. The highest BCUT2D eigenvalue weighted by atomic mass is 16.5. The van der Waals surface area contributed by atoms with E-state index in [1.807, 2.05) is 0 Å². The summed E-state index contributed by atoms with van der Waals surface area (Å²) in [6.45, 7) is 0. The van der Waals surface area contributed by atoms with Gasteiger partial charge in [0.2, 0.25) is 0 Å². The molecule has 0 aliphatic rings. The third kappa shape index (κ3) is 2.09. The van der Waals surface area contributed by atoms with Crippen LogP contribution in [0.2, 0.25) is 0 Å². The number of nitrogens with zero attached hydrogens (tertiary/aromatic N) is 2. The molecule has 0 bridgehead atoms. The van der Waals surface area contributed by atoms with Crippen molar-refractivity contribution in [2.75, 3.05) is 14.2 Å². The average Bonchev–Trinajstić information content (AvgIpc) is 3.03. The fourth-order valence-corrected chi connectivity index (χ4v) is 1.62. The van der Waals surface area contributed by atoms with Gasteiger partial charge in [0.1, 0.15) is 5.56 Å². The van der Waals surface area contributed by atoms with Crippen LogP contribution >= 0.6 is 0 Å². The zero-order valence-electron chi connectivity index (χ0n) is 10.9. The molecule has 0 saturated carbocycles. The second kappa shape index (κ2) is 5.03. The lowest BCUT2D eigenvalue weighted by atomic mass is 10.2. The van der Waals surface area contributed by atoms with Crippen molar-refractivity contribution >= 4 is 11.9 Å². The number of ether oxygens (including phenoxy) is 2. The summed E-state index contributed by atoms with van der Waals surface area (Å²) in [5.41, 5.74) is -0.783. The van der Waals surface area contributed by atoms with Gasteiger partial charge in [0.25, 0.3) is 5.56 Å². The lowest BCUT2D eigenvalue weighted by molar-refractivity contribution is 0.0581. The van der Waals surface area contributed by atoms with E-state index >= 15 is 0 Å². The zero-order chi connectivity index (χ0) is 14.9. The number of carbonyl (C=O) groups excluding carboxylic acids is 2. The van der Waals surface area contributed by atoms with Crippen LogP contribution in [-0.2, 0) is 16.5 Å². The molecule has 106 valence electrons. The number of rotatable bonds is 3. The van der Waals surface area contributed by atoms with Crippen LogP contribution in [0, 0.1) is 0 Å². The van der Waals surface area contributed by atoms with Crippen LogP contribution in [0.15, 0.2) is 15.4 Å². The molecule has 20 heavy (non-hydrogen) atoms. The normalized spacial score (nSPS) is 10.3. The summed E-state index contributed by atoms with van der Waals surface area (Å²) in [4.78, 5) is 34.9. The van der Waals surface area contributed by atoms with Crippen molar-refractivity contribution in [1.29, 1.82) is 0 Å². The van der Waals surface area contributed by atoms with Crippen LogP contribution < -0.4 is 5.56 Å². The highest BCUT2D eigenvalue weighted by molar-refractivity contribution is 5.95. The molecule has 0 aliphatic carbocycles. The van der Waals surface area contributed by atoms with E-state index in [2.05, 4.69) is 19.7 Å². The van der Waals surface area contributed by atoms with Gasteiger partial charge in [-0.3, -0.25) is 14.6 Å². The maximum absolute atomic E-state index is 12.0. The third-order valence-electron chi connectivity index (χ3n) is 2.59. The van der Waals surface area contributed by atoms with Crippen LogP contribution in [0.5, 0.6) is 0 Å². The molecule has 2 rings (SSSR count). The fraction of sp³-hybridized carbons (Fsp3) is 0.273. The molecule has 0 fully saturated rings. The van der Waals surface area contributed by atoms with Crippen molar-refractivity contribution in [2.24, 2.45) is 7.05 Å². The molecule has 2 heterocycles. The average molecular weight is 281 g/mol. The van der Waals surface area contributed by atoms with E-state index in [1.54, 1.807) is 0 Å². The topological polar surface area (TPSA) is 116 Å². The van der Waals surface area contributed by atoms with Gasteiger partial charge in [0.05, 0.1) is 14.2 Å². The van der Waals surface area contributed by atoms with Crippen LogP contribution in [0.3, 0.4) is 0 Å². The van der Waals surface area contributed by atoms with Crippen LogP contribution in [0.1, 0.15) is 21.0 Å². The molecule has 0 radical (unpaired) electrons. The second-order valence-electron chi connectivity index (χ2n) is 3.79. The van der Waals surface area contributed by atoms with Gasteiger partial charge in [-0.2, -0.15) is 0 Å². The van der Waals surface area contributed by atoms with Crippen LogP contribution in [0.25, 0.3) is 11.3 Å². The molecule has 0 atom stereocenters. The van der Waals surface area contributed by atoms with Crippen LogP contribution in [0.4, 0.5) is 0 Å². The number of H-pyrrole nitrogens is 1. The van der Waals surface area contributed by atoms with Crippen molar-refractivity contribution in [2.45, 2.75) is 0 Å². The Morgan fingerprint density at radius 2 is 1.95 bits per heavy atom. The van der Waals surface area contributed by atoms with Gasteiger partial charge in [-0.15, -0.1) is 0 Å². The van der Waals surface area contributed by atoms with Crippen molar-refractivity contribution < 1.29 is 23.6 Å². The highest BCUT2D eigenvalue weighted by Gasteiger charge is 2.25. The molecule has 2 aromatic rings. The van der Waals surface area contributed by atoms with Gasteiger partial charge in [-0.25, -0.2) is 9.59 Å². The number of aromatic nitrogens is 3. The molecule has 9 heteroatoms. The van der Waals surface area contributed by atoms with Gasteiger partial charge in [-0.05, 0) is 0 Å². The Morgan fingerprint density at radius 3 is 2.55 bits per heavy atom. The summed E-state index contributed by atoms with van der Waals surface area (Å²) >= 11 is 0. The standard InChI is InChI=1S/C11H11N3O6/c1-14-9(15)7(8(12-14)11(17)19-3)6-4-5(13-20-6)10(16)18-2/h4,12H,1-3H3. The number of hydrogen-bond acceptors (Lipinski definition) is 7. The van der Waals surface area contributed by atoms with Crippen molar-refractivity contribution in [3.63, 3.8) is 0 Å². The van der Waals surface area contributed by atoms with Gasteiger partial charge < -0.3 is 14.0 Å². The van der Waals surface area contributed by atoms with Gasteiger partial charge in [0, 0.05) is 13.1 Å². The number of methoxy groups -OCH3 is 2. The van der Waals surface area contributed by atoms with E-state index in [4.69, 9.17) is 4.52 Å². The van der Waals surface area contributed by atoms with E-state index < -0.39 is 17.5 Å². The first-order valence-corrected chi connectivity index (χ1v) is 5.42. The molecule has 9 nitrogen and oxygen atoms in total. The summed E-state index contributed by atoms with van der Waals surface area (Å²) < 4.78 is 15.0. The summed E-state index contributed by atoms with van der Waals surface area (Å²) in [6.07, 6.45) is 0. The number of nitrogens with one attached hydrogen (secondary N) is 1. The Balaban J connectivity index is 2.57. The largest absolute Gasteiger partial charge is 0.464 e. The molecule has 0 aliphatic heterocycles. The Hall–Kier alpha value is -2.84. The zero-order valence-corrected chi connectivity index (χ0v) is 10.9. The minimum absolute atomic E-state index is 0.0346. The van der Waals surface area contributed by atoms with Crippen molar-refractivity contribution in [3.05, 3.63) is 27.8 Å². The molecular formula is C11H11N3O6. The predicted octanol–water partition coefficient (Wildman–Crippen LogP) is -0.0584. The smallest absolute Gasteiger partial charge is 0.360 e. The number of hydrogen-bond donors (Lipinski definition) is 1. The molecule has 0 aromatic carbocycles. The minimum Gasteiger partial charge on any atom is -0.464 e. The predicted molar refractivity (Wildman–Crippen MR) is 64.2 cm³/mol. The Labute approximate surface area is 112 Å². The van der Waals surface area contributed by atoms with E-state index in [-0.39, 0.29) is 22.7 Å². The molecule has 1 N–H and O–H groups in total. The Kier molecular flexibility index (Phi) is 3.42. The number of carbonyl (C=O) groups is 2. The monoisotopic (exact) mass is 281 g/mol. The first kappa shape index (κ1) is 13.6. The molecule has 2 aromatic heterocycles. The lowest BCUT2D eigenvalue weighted by Crippen LogP contribution is -2.13. The second-order valence-corrected chi connectivity index (χ2v) is 3.79. The summed E-state index contributed by atoms with van der Waals surface area (Å²) in [5, 5.41) is 6.02. The maximum atomic E-state index is 12.0. The van der Waals surface area contributed by atoms with Gasteiger partial charge in [0.15, 0.2) is 17.1 Å². The lowest BCUT2D eigenvalue weighted by Gasteiger charge is -1.96. The number of esters is 2. The summed E-state index contributed by atoms with van der Waals surface area (Å²) in [6, 6.07) is 1.21. The minimum atomic E-state index is -0.742. The first-order chi connectivity index (χ1) is 9.49.